The largest absolute Gasteiger partial charge is 0.391 e. The number of hydrogen-bond acceptors (Lipinski definition) is 2. The van der Waals surface area contributed by atoms with E-state index in [1.54, 1.807) is 18.2 Å². The minimum atomic E-state index is -4.08. The van der Waals surface area contributed by atoms with Crippen LogP contribution >= 0.6 is 15.9 Å². The first-order chi connectivity index (χ1) is 9.40. The Balaban J connectivity index is 2.00. The minimum Gasteiger partial charge on any atom is -0.381 e. The van der Waals surface area contributed by atoms with Crippen molar-refractivity contribution in [3.8, 4) is 6.07 Å². The topological polar surface area (TPSA) is 35.8 Å². The molecule has 0 heterocycles. The first kappa shape index (κ1) is 15.2. The van der Waals surface area contributed by atoms with Crippen molar-refractivity contribution in [1.29, 1.82) is 5.26 Å². The molecule has 20 heavy (non-hydrogen) atoms. The molecule has 1 fully saturated rings. The number of benzene rings is 1. The van der Waals surface area contributed by atoms with Crippen LogP contribution in [0.25, 0.3) is 0 Å². The van der Waals surface area contributed by atoms with E-state index in [0.717, 1.165) is 4.47 Å². The van der Waals surface area contributed by atoms with Gasteiger partial charge in [0.15, 0.2) is 0 Å². The van der Waals surface area contributed by atoms with Crippen molar-refractivity contribution in [1.82, 2.24) is 0 Å². The van der Waals surface area contributed by atoms with Gasteiger partial charge < -0.3 is 5.32 Å². The third-order valence-electron chi connectivity index (χ3n) is 3.65. The monoisotopic (exact) mass is 346 g/mol. The molecule has 0 amide bonds. The maximum atomic E-state index is 12.6. The molecule has 0 aliphatic heterocycles. The van der Waals surface area contributed by atoms with E-state index in [-0.39, 0.29) is 18.9 Å². The average molecular weight is 347 g/mol. The van der Waals surface area contributed by atoms with E-state index >= 15 is 0 Å². The van der Waals surface area contributed by atoms with Crippen molar-refractivity contribution < 1.29 is 13.2 Å². The van der Waals surface area contributed by atoms with E-state index in [1.807, 2.05) is 0 Å². The van der Waals surface area contributed by atoms with Crippen molar-refractivity contribution in [3.63, 3.8) is 0 Å². The van der Waals surface area contributed by atoms with Gasteiger partial charge in [-0.1, -0.05) is 15.9 Å². The number of anilines is 1. The number of alkyl halides is 3. The zero-order valence-corrected chi connectivity index (χ0v) is 12.3. The van der Waals surface area contributed by atoms with E-state index in [2.05, 4.69) is 27.3 Å². The summed E-state index contributed by atoms with van der Waals surface area (Å²) in [5, 5.41) is 12.2. The van der Waals surface area contributed by atoms with Gasteiger partial charge in [-0.2, -0.15) is 18.4 Å². The number of hydrogen-bond donors (Lipinski definition) is 1. The fourth-order valence-electron chi connectivity index (χ4n) is 2.52. The number of nitrogens with one attached hydrogen (secondary N) is 1. The molecule has 1 aromatic rings. The Morgan fingerprint density at radius 2 is 1.85 bits per heavy atom. The summed E-state index contributed by atoms with van der Waals surface area (Å²) in [5.41, 5.74) is 1.18. The van der Waals surface area contributed by atoms with E-state index in [0.29, 0.717) is 24.1 Å². The lowest BCUT2D eigenvalue weighted by atomic mass is 9.85. The van der Waals surface area contributed by atoms with Gasteiger partial charge in [-0.05, 0) is 43.9 Å². The highest BCUT2D eigenvalue weighted by molar-refractivity contribution is 9.10. The molecule has 2 rings (SSSR count). The van der Waals surface area contributed by atoms with Gasteiger partial charge >= 0.3 is 6.18 Å². The molecule has 108 valence electrons. The molecular weight excluding hydrogens is 333 g/mol. The summed E-state index contributed by atoms with van der Waals surface area (Å²) in [7, 11) is 0. The van der Waals surface area contributed by atoms with Crippen LogP contribution in [-0.4, -0.2) is 12.2 Å². The highest BCUT2D eigenvalue weighted by Crippen LogP contribution is 2.38. The van der Waals surface area contributed by atoms with Crippen LogP contribution in [0, 0.1) is 17.2 Å². The lowest BCUT2D eigenvalue weighted by Gasteiger charge is -2.31. The highest BCUT2D eigenvalue weighted by Gasteiger charge is 2.41. The van der Waals surface area contributed by atoms with Gasteiger partial charge in [-0.15, -0.1) is 0 Å². The summed E-state index contributed by atoms with van der Waals surface area (Å²) in [6.45, 7) is 0. The zero-order valence-electron chi connectivity index (χ0n) is 10.7. The van der Waals surface area contributed by atoms with Crippen LogP contribution in [-0.2, 0) is 0 Å². The molecule has 0 aromatic heterocycles. The fourth-order valence-corrected chi connectivity index (χ4v) is 2.88. The molecule has 1 aromatic carbocycles. The molecule has 0 saturated heterocycles. The fraction of sp³-hybridized carbons (Fsp3) is 0.500. The normalized spacial score (nSPS) is 23.1. The molecule has 1 aliphatic carbocycles. The van der Waals surface area contributed by atoms with Gasteiger partial charge in [-0.25, -0.2) is 0 Å². The molecule has 2 nitrogen and oxygen atoms in total. The predicted octanol–water partition coefficient (Wildman–Crippen LogP) is 4.85. The average Bonchev–Trinajstić information content (AvgIpc) is 2.38. The Morgan fingerprint density at radius 1 is 1.20 bits per heavy atom. The van der Waals surface area contributed by atoms with Gasteiger partial charge in [0.05, 0.1) is 17.2 Å². The van der Waals surface area contributed by atoms with Crippen LogP contribution in [0.2, 0.25) is 0 Å². The Labute approximate surface area is 124 Å². The standard InChI is InChI=1S/C14H14BrF3N2/c15-11-4-1-9(8-19)13(7-11)20-12-5-2-10(3-6-12)14(16,17)18/h1,4,7,10,12,20H,2-3,5-6H2. The molecule has 0 bridgehead atoms. The summed E-state index contributed by atoms with van der Waals surface area (Å²) >= 11 is 3.33. The molecular formula is C14H14BrF3N2. The smallest absolute Gasteiger partial charge is 0.381 e. The lowest BCUT2D eigenvalue weighted by molar-refractivity contribution is -0.182. The molecule has 0 atom stereocenters. The minimum absolute atomic E-state index is 0.00463. The number of rotatable bonds is 2. The maximum absolute atomic E-state index is 12.6. The van der Waals surface area contributed by atoms with Crippen LogP contribution < -0.4 is 5.32 Å². The predicted molar refractivity (Wildman–Crippen MR) is 74.3 cm³/mol. The van der Waals surface area contributed by atoms with Gasteiger partial charge in [0.25, 0.3) is 0 Å². The van der Waals surface area contributed by atoms with Gasteiger partial charge in [0.1, 0.15) is 6.07 Å². The molecule has 1 saturated carbocycles. The third kappa shape index (κ3) is 3.66. The second kappa shape index (κ2) is 6.04. The van der Waals surface area contributed by atoms with Gasteiger partial charge in [0.2, 0.25) is 0 Å². The quantitative estimate of drug-likeness (QED) is 0.830. The summed E-state index contributed by atoms with van der Waals surface area (Å²) in [6, 6.07) is 7.32. The summed E-state index contributed by atoms with van der Waals surface area (Å²) in [5.74, 6) is -1.18. The third-order valence-corrected chi connectivity index (χ3v) is 4.15. The van der Waals surface area contributed by atoms with Crippen molar-refractivity contribution >= 4 is 21.6 Å². The maximum Gasteiger partial charge on any atom is 0.391 e. The highest BCUT2D eigenvalue weighted by atomic mass is 79.9. The zero-order chi connectivity index (χ0) is 14.8. The molecule has 6 heteroatoms. The van der Waals surface area contributed by atoms with E-state index in [1.165, 1.54) is 0 Å². The van der Waals surface area contributed by atoms with E-state index in [9.17, 15) is 13.2 Å². The van der Waals surface area contributed by atoms with Crippen molar-refractivity contribution in [2.75, 3.05) is 5.32 Å². The second-order valence-electron chi connectivity index (χ2n) is 5.04. The van der Waals surface area contributed by atoms with Crippen LogP contribution in [0.15, 0.2) is 22.7 Å². The van der Waals surface area contributed by atoms with Crippen LogP contribution in [0.1, 0.15) is 31.2 Å². The van der Waals surface area contributed by atoms with Gasteiger partial charge in [-0.3, -0.25) is 0 Å². The number of nitrogens with zero attached hydrogens (tertiary/aromatic N) is 1. The summed E-state index contributed by atoms with van der Waals surface area (Å²) < 4.78 is 38.6. The van der Waals surface area contributed by atoms with Crippen LogP contribution in [0.5, 0.6) is 0 Å². The van der Waals surface area contributed by atoms with Crippen LogP contribution in [0.4, 0.5) is 18.9 Å². The van der Waals surface area contributed by atoms with Crippen molar-refractivity contribution in [3.05, 3.63) is 28.2 Å². The van der Waals surface area contributed by atoms with Gasteiger partial charge in [0, 0.05) is 10.5 Å². The van der Waals surface area contributed by atoms with E-state index in [4.69, 9.17) is 5.26 Å². The van der Waals surface area contributed by atoms with Crippen molar-refractivity contribution in [2.24, 2.45) is 5.92 Å². The Kier molecular flexibility index (Phi) is 4.59. The Morgan fingerprint density at radius 3 is 2.40 bits per heavy atom. The first-order valence-electron chi connectivity index (χ1n) is 6.43. The summed E-state index contributed by atoms with van der Waals surface area (Å²) in [4.78, 5) is 0. The Hall–Kier alpha value is -1.22. The first-order valence-corrected chi connectivity index (χ1v) is 7.22. The molecule has 1 aliphatic rings. The van der Waals surface area contributed by atoms with Crippen molar-refractivity contribution in [2.45, 2.75) is 37.9 Å². The second-order valence-corrected chi connectivity index (χ2v) is 5.95. The lowest BCUT2D eigenvalue weighted by Crippen LogP contribution is -2.32. The van der Waals surface area contributed by atoms with Crippen LogP contribution in [0.3, 0.4) is 0 Å². The van der Waals surface area contributed by atoms with E-state index < -0.39 is 12.1 Å². The molecule has 0 spiro atoms. The SMILES string of the molecule is N#Cc1ccc(Br)cc1NC1CCC(C(F)(F)F)CC1. The number of halogens is 4. The summed E-state index contributed by atoms with van der Waals surface area (Å²) in [6.07, 6.45) is -2.84. The molecule has 0 radical (unpaired) electrons. The number of nitriles is 1. The molecule has 1 N–H and O–H groups in total. The molecule has 0 unspecified atom stereocenters. The Bertz CT molecular complexity index is 514.